The quantitative estimate of drug-likeness (QED) is 0.364. The lowest BCUT2D eigenvalue weighted by atomic mass is 10.3. The molecule has 2 fully saturated rings. The van der Waals surface area contributed by atoms with Crippen LogP contribution in [0.3, 0.4) is 0 Å². The fourth-order valence-corrected chi connectivity index (χ4v) is 6.78. The molecule has 42 heavy (non-hydrogen) atoms. The van der Waals surface area contributed by atoms with Gasteiger partial charge in [-0.1, -0.05) is 22.7 Å². The van der Waals surface area contributed by atoms with Gasteiger partial charge in [0.05, 0.1) is 46.6 Å². The number of fused-ring (bicyclic) bond motifs is 2. The molecule has 2 N–H and O–H groups in total. The van der Waals surface area contributed by atoms with Crippen molar-refractivity contribution in [3.8, 4) is 0 Å². The SMILES string of the molecule is O=C(CN1CCN(CC(F)(F)F)CC1)Nc1nc2cc3nc(NC(=O)CN4CCN(CC(F)(F)F)CC4)sc3cc2s1. The van der Waals surface area contributed by atoms with Gasteiger partial charge in [0.2, 0.25) is 11.8 Å². The summed E-state index contributed by atoms with van der Waals surface area (Å²) in [4.78, 5) is 40.2. The number of anilines is 2. The van der Waals surface area contributed by atoms with Gasteiger partial charge in [0.15, 0.2) is 10.3 Å². The average molecular weight is 639 g/mol. The fourth-order valence-electron chi connectivity index (χ4n) is 4.90. The highest BCUT2D eigenvalue weighted by Crippen LogP contribution is 2.34. The van der Waals surface area contributed by atoms with Crippen LogP contribution >= 0.6 is 22.7 Å². The van der Waals surface area contributed by atoms with Gasteiger partial charge in [-0.25, -0.2) is 9.97 Å². The molecule has 0 unspecified atom stereocenters. The number of nitrogens with one attached hydrogen (secondary N) is 2. The van der Waals surface area contributed by atoms with Crippen molar-refractivity contribution < 1.29 is 35.9 Å². The zero-order valence-electron chi connectivity index (χ0n) is 22.2. The van der Waals surface area contributed by atoms with E-state index in [2.05, 4.69) is 20.6 Å². The summed E-state index contributed by atoms with van der Waals surface area (Å²) in [6.45, 7) is 0.616. The normalized spacial score (nSPS) is 18.6. The maximum Gasteiger partial charge on any atom is 0.401 e. The molecule has 0 aliphatic carbocycles. The van der Waals surface area contributed by atoms with E-state index in [-0.39, 0.29) is 51.1 Å². The van der Waals surface area contributed by atoms with Gasteiger partial charge in [-0.2, -0.15) is 26.3 Å². The lowest BCUT2D eigenvalue weighted by Gasteiger charge is -2.34. The first-order chi connectivity index (χ1) is 19.8. The molecular weight excluding hydrogens is 610 g/mol. The fraction of sp³-hybridized carbons (Fsp3) is 0.583. The molecule has 0 radical (unpaired) electrons. The molecule has 0 spiro atoms. The van der Waals surface area contributed by atoms with E-state index < -0.39 is 25.4 Å². The number of hydrogen-bond donors (Lipinski definition) is 2. The summed E-state index contributed by atoms with van der Waals surface area (Å²) >= 11 is 2.55. The molecule has 0 bridgehead atoms. The third kappa shape index (κ3) is 8.70. The lowest BCUT2D eigenvalue weighted by molar-refractivity contribution is -0.150. The maximum atomic E-state index is 12.6. The van der Waals surface area contributed by atoms with Crippen LogP contribution in [0.15, 0.2) is 12.1 Å². The van der Waals surface area contributed by atoms with Gasteiger partial charge in [0.1, 0.15) is 0 Å². The highest BCUT2D eigenvalue weighted by molar-refractivity contribution is 7.24. The van der Waals surface area contributed by atoms with Crippen LogP contribution in [0.4, 0.5) is 36.6 Å². The molecule has 18 heteroatoms. The van der Waals surface area contributed by atoms with E-state index in [1.165, 1.54) is 32.5 Å². The maximum absolute atomic E-state index is 12.6. The zero-order chi connectivity index (χ0) is 30.1. The molecule has 2 amide bonds. The van der Waals surface area contributed by atoms with Crippen molar-refractivity contribution in [2.24, 2.45) is 0 Å². The topological polar surface area (TPSA) is 96.9 Å². The van der Waals surface area contributed by atoms with Crippen molar-refractivity contribution in [3.05, 3.63) is 12.1 Å². The molecular formula is C24H28F6N8O2S2. The molecule has 2 saturated heterocycles. The predicted molar refractivity (Wildman–Crippen MR) is 148 cm³/mol. The summed E-state index contributed by atoms with van der Waals surface area (Å²) in [5.41, 5.74) is 1.23. The summed E-state index contributed by atoms with van der Waals surface area (Å²) in [5, 5.41) is 6.31. The van der Waals surface area contributed by atoms with E-state index in [9.17, 15) is 35.9 Å². The predicted octanol–water partition coefficient (Wildman–Crippen LogP) is 3.14. The minimum absolute atomic E-state index is 0.0543. The first-order valence-corrected chi connectivity index (χ1v) is 14.7. The molecule has 1 aromatic carbocycles. The van der Waals surface area contributed by atoms with Crippen LogP contribution < -0.4 is 10.6 Å². The number of nitrogens with zero attached hydrogens (tertiary/aromatic N) is 6. The van der Waals surface area contributed by atoms with E-state index in [0.717, 1.165) is 9.40 Å². The number of halogens is 6. The Bertz CT molecular complexity index is 1260. The Morgan fingerprint density at radius 1 is 0.643 bits per heavy atom. The van der Waals surface area contributed by atoms with Crippen LogP contribution in [0.2, 0.25) is 0 Å². The Labute approximate surface area is 244 Å². The first-order valence-electron chi connectivity index (χ1n) is 13.1. The number of aromatic nitrogens is 2. The zero-order valence-corrected chi connectivity index (χ0v) is 23.9. The minimum atomic E-state index is -4.24. The molecule has 4 heterocycles. The van der Waals surface area contributed by atoms with Crippen molar-refractivity contribution in [3.63, 3.8) is 0 Å². The number of piperazine rings is 2. The Morgan fingerprint density at radius 3 is 1.36 bits per heavy atom. The molecule has 2 aromatic heterocycles. The Hall–Kier alpha value is -2.64. The summed E-state index contributed by atoms with van der Waals surface area (Å²) in [6.07, 6.45) is -8.48. The second-order valence-corrected chi connectivity index (χ2v) is 12.3. The van der Waals surface area contributed by atoms with Crippen molar-refractivity contribution in [2.75, 3.05) is 89.2 Å². The number of alkyl halides is 6. The van der Waals surface area contributed by atoms with Gasteiger partial charge in [0.25, 0.3) is 0 Å². The van der Waals surface area contributed by atoms with Gasteiger partial charge in [-0.15, -0.1) is 0 Å². The standard InChI is InChI=1S/C24H28F6N8O2S2/c25-23(26,27)13-37-5-1-35(2-6-37)11-19(39)33-21-31-15-9-16-18(10-17(15)41-21)42-22(32-16)34-20(40)12-36-3-7-38(8-4-36)14-24(28,29)30/h9-10H,1-8,11-14H2,(H,31,33,39)(H,32,34,40). The molecule has 5 rings (SSSR count). The van der Waals surface area contributed by atoms with E-state index >= 15 is 0 Å². The van der Waals surface area contributed by atoms with Crippen LogP contribution in [0.5, 0.6) is 0 Å². The Morgan fingerprint density at radius 2 is 1.00 bits per heavy atom. The van der Waals surface area contributed by atoms with E-state index in [1.54, 1.807) is 15.9 Å². The largest absolute Gasteiger partial charge is 0.401 e. The molecule has 0 atom stereocenters. The van der Waals surface area contributed by atoms with Gasteiger partial charge in [-0.05, 0) is 12.1 Å². The van der Waals surface area contributed by atoms with Gasteiger partial charge in [-0.3, -0.25) is 29.2 Å². The number of thiazole rings is 2. The molecule has 2 aliphatic heterocycles. The number of rotatable bonds is 8. The molecule has 0 saturated carbocycles. The van der Waals surface area contributed by atoms with E-state index in [1.807, 2.05) is 6.07 Å². The second-order valence-electron chi connectivity index (χ2n) is 10.3. The highest BCUT2D eigenvalue weighted by Gasteiger charge is 2.33. The smallest absolute Gasteiger partial charge is 0.301 e. The van der Waals surface area contributed by atoms with Gasteiger partial charge in [0, 0.05) is 52.4 Å². The van der Waals surface area contributed by atoms with Crippen LogP contribution in [0.25, 0.3) is 20.4 Å². The Kier molecular flexibility index (Phi) is 9.19. The van der Waals surface area contributed by atoms with Crippen molar-refractivity contribution in [1.82, 2.24) is 29.6 Å². The minimum Gasteiger partial charge on any atom is -0.301 e. The van der Waals surface area contributed by atoms with Crippen molar-refractivity contribution in [1.29, 1.82) is 0 Å². The number of hydrogen-bond acceptors (Lipinski definition) is 10. The van der Waals surface area contributed by atoms with Gasteiger partial charge < -0.3 is 10.6 Å². The Balaban J connectivity index is 1.10. The highest BCUT2D eigenvalue weighted by atomic mass is 32.1. The van der Waals surface area contributed by atoms with Crippen LogP contribution in [0.1, 0.15) is 0 Å². The third-order valence-electron chi connectivity index (χ3n) is 6.86. The molecule has 3 aromatic rings. The number of amides is 2. The number of carbonyl (C=O) groups excluding carboxylic acids is 2. The first kappa shape index (κ1) is 30.8. The molecule has 10 nitrogen and oxygen atoms in total. The van der Waals surface area contributed by atoms with Crippen LogP contribution in [-0.4, -0.2) is 132 Å². The third-order valence-corrected chi connectivity index (χ3v) is 8.73. The molecule has 230 valence electrons. The van der Waals surface area contributed by atoms with Crippen molar-refractivity contribution >= 4 is 65.2 Å². The number of carbonyl (C=O) groups is 2. The number of benzene rings is 1. The summed E-state index contributed by atoms with van der Waals surface area (Å²) < 4.78 is 77.0. The van der Waals surface area contributed by atoms with E-state index in [4.69, 9.17) is 0 Å². The average Bonchev–Trinajstić information content (AvgIpc) is 3.44. The summed E-state index contributed by atoms with van der Waals surface area (Å²) in [6, 6.07) is 3.62. The second kappa shape index (κ2) is 12.5. The van der Waals surface area contributed by atoms with Crippen LogP contribution in [0, 0.1) is 0 Å². The van der Waals surface area contributed by atoms with Crippen LogP contribution in [-0.2, 0) is 9.59 Å². The monoisotopic (exact) mass is 638 g/mol. The van der Waals surface area contributed by atoms with Crippen molar-refractivity contribution in [2.45, 2.75) is 12.4 Å². The summed E-state index contributed by atoms with van der Waals surface area (Å²) in [7, 11) is 0. The molecule has 2 aliphatic rings. The lowest BCUT2D eigenvalue weighted by Crippen LogP contribution is -2.50. The van der Waals surface area contributed by atoms with Gasteiger partial charge >= 0.3 is 12.4 Å². The van der Waals surface area contributed by atoms with E-state index in [0.29, 0.717) is 47.5 Å². The summed E-state index contributed by atoms with van der Waals surface area (Å²) in [5.74, 6) is -0.602.